The predicted octanol–water partition coefficient (Wildman–Crippen LogP) is 3.45. The second kappa shape index (κ2) is 7.55. The maximum Gasteiger partial charge on any atom is 0.170 e. The zero-order chi connectivity index (χ0) is 15.1. The standard InChI is InChI=1S/C16H17ClN2O2/c17-14-11-13(16(18)19-20)8-9-15(14)21-10-4-7-12-5-2-1-3-6-12/h1-3,5-6,8-9,11,20H,4,7,10H2,(H2,18,19). The van der Waals surface area contributed by atoms with Gasteiger partial charge in [0, 0.05) is 5.56 Å². The highest BCUT2D eigenvalue weighted by Gasteiger charge is 2.06. The molecule has 2 rings (SSSR count). The third kappa shape index (κ3) is 4.39. The van der Waals surface area contributed by atoms with Crippen LogP contribution in [0, 0.1) is 0 Å². The van der Waals surface area contributed by atoms with Crippen molar-refractivity contribution < 1.29 is 9.94 Å². The van der Waals surface area contributed by atoms with Crippen LogP contribution in [0.5, 0.6) is 5.75 Å². The van der Waals surface area contributed by atoms with E-state index in [4.69, 9.17) is 27.3 Å². The van der Waals surface area contributed by atoms with E-state index in [0.29, 0.717) is 22.9 Å². The first-order valence-corrected chi connectivity index (χ1v) is 7.02. The van der Waals surface area contributed by atoms with Crippen molar-refractivity contribution in [2.45, 2.75) is 12.8 Å². The molecule has 0 aliphatic heterocycles. The van der Waals surface area contributed by atoms with E-state index in [1.807, 2.05) is 18.2 Å². The fourth-order valence-electron chi connectivity index (χ4n) is 1.94. The second-order valence-corrected chi connectivity index (χ2v) is 4.98. The minimum absolute atomic E-state index is 0.0209. The number of ether oxygens (including phenoxy) is 1. The van der Waals surface area contributed by atoms with Crippen molar-refractivity contribution in [3.05, 3.63) is 64.7 Å². The zero-order valence-corrected chi connectivity index (χ0v) is 12.3. The fourth-order valence-corrected chi connectivity index (χ4v) is 2.17. The second-order valence-electron chi connectivity index (χ2n) is 4.57. The van der Waals surface area contributed by atoms with Gasteiger partial charge in [0.15, 0.2) is 5.84 Å². The molecule has 0 atom stereocenters. The highest BCUT2D eigenvalue weighted by atomic mass is 35.5. The van der Waals surface area contributed by atoms with Crippen molar-refractivity contribution in [3.8, 4) is 5.75 Å². The van der Waals surface area contributed by atoms with Gasteiger partial charge in [-0.1, -0.05) is 47.1 Å². The van der Waals surface area contributed by atoms with E-state index in [-0.39, 0.29) is 5.84 Å². The lowest BCUT2D eigenvalue weighted by molar-refractivity contribution is 0.311. The molecule has 0 saturated heterocycles. The van der Waals surface area contributed by atoms with Gasteiger partial charge in [0.05, 0.1) is 11.6 Å². The third-order valence-electron chi connectivity index (χ3n) is 3.05. The summed E-state index contributed by atoms with van der Waals surface area (Å²) < 4.78 is 5.65. The first-order valence-electron chi connectivity index (χ1n) is 6.65. The molecule has 2 aromatic rings. The van der Waals surface area contributed by atoms with Crippen LogP contribution in [-0.4, -0.2) is 17.6 Å². The van der Waals surface area contributed by atoms with Crippen LogP contribution >= 0.6 is 11.6 Å². The molecule has 0 unspecified atom stereocenters. The number of nitrogens with two attached hydrogens (primary N) is 1. The summed E-state index contributed by atoms with van der Waals surface area (Å²) in [6.07, 6.45) is 1.86. The molecule has 0 heterocycles. The summed E-state index contributed by atoms with van der Waals surface area (Å²) in [6, 6.07) is 15.3. The molecule has 0 bridgehead atoms. The van der Waals surface area contributed by atoms with Gasteiger partial charge in [-0.3, -0.25) is 0 Å². The molecule has 110 valence electrons. The molecule has 0 amide bonds. The average molecular weight is 305 g/mol. The number of amidine groups is 1. The topological polar surface area (TPSA) is 67.8 Å². The Balaban J connectivity index is 1.86. The lowest BCUT2D eigenvalue weighted by atomic mass is 10.1. The molecule has 0 radical (unpaired) electrons. The van der Waals surface area contributed by atoms with Crippen molar-refractivity contribution >= 4 is 17.4 Å². The van der Waals surface area contributed by atoms with Crippen LogP contribution in [0.4, 0.5) is 0 Å². The van der Waals surface area contributed by atoms with Crippen LogP contribution in [0.3, 0.4) is 0 Å². The molecule has 3 N–H and O–H groups in total. The number of halogens is 1. The van der Waals surface area contributed by atoms with Crippen LogP contribution in [0.25, 0.3) is 0 Å². The molecule has 5 heteroatoms. The van der Waals surface area contributed by atoms with E-state index in [1.54, 1.807) is 18.2 Å². The summed E-state index contributed by atoms with van der Waals surface area (Å²) in [7, 11) is 0. The van der Waals surface area contributed by atoms with E-state index in [9.17, 15) is 0 Å². The number of aryl methyl sites for hydroxylation is 1. The third-order valence-corrected chi connectivity index (χ3v) is 3.34. The molecule has 21 heavy (non-hydrogen) atoms. The van der Waals surface area contributed by atoms with Crippen molar-refractivity contribution in [2.75, 3.05) is 6.61 Å². The number of oxime groups is 1. The van der Waals surface area contributed by atoms with Crippen molar-refractivity contribution in [2.24, 2.45) is 10.9 Å². The Hall–Kier alpha value is -2.20. The summed E-state index contributed by atoms with van der Waals surface area (Å²) in [5, 5.41) is 12.0. The Morgan fingerprint density at radius 2 is 1.95 bits per heavy atom. The van der Waals surface area contributed by atoms with Crippen LogP contribution in [-0.2, 0) is 6.42 Å². The van der Waals surface area contributed by atoms with E-state index >= 15 is 0 Å². The van der Waals surface area contributed by atoms with Gasteiger partial charge in [0.25, 0.3) is 0 Å². The Morgan fingerprint density at radius 3 is 2.62 bits per heavy atom. The molecule has 4 nitrogen and oxygen atoms in total. The van der Waals surface area contributed by atoms with Crippen LogP contribution < -0.4 is 10.5 Å². The van der Waals surface area contributed by atoms with Gasteiger partial charge in [-0.05, 0) is 36.6 Å². The van der Waals surface area contributed by atoms with Gasteiger partial charge < -0.3 is 15.7 Å². The summed E-state index contributed by atoms with van der Waals surface area (Å²) in [6.45, 7) is 0.581. The lowest BCUT2D eigenvalue weighted by Crippen LogP contribution is -2.13. The number of hydrogen-bond donors (Lipinski definition) is 2. The Labute approximate surface area is 128 Å². The molecular formula is C16H17ClN2O2. The minimum Gasteiger partial charge on any atom is -0.492 e. The monoisotopic (exact) mass is 304 g/mol. The van der Waals surface area contributed by atoms with Gasteiger partial charge in [-0.2, -0.15) is 0 Å². The smallest absolute Gasteiger partial charge is 0.170 e. The Morgan fingerprint density at radius 1 is 1.19 bits per heavy atom. The summed E-state index contributed by atoms with van der Waals surface area (Å²) in [4.78, 5) is 0. The number of benzene rings is 2. The number of nitrogens with zero attached hydrogens (tertiary/aromatic N) is 1. The SMILES string of the molecule is NC(=NO)c1ccc(OCCCc2ccccc2)c(Cl)c1. The normalized spacial score (nSPS) is 11.4. The summed E-state index contributed by atoms with van der Waals surface area (Å²) in [5.74, 6) is 0.617. The zero-order valence-electron chi connectivity index (χ0n) is 11.5. The van der Waals surface area contributed by atoms with E-state index in [0.717, 1.165) is 12.8 Å². The Bertz CT molecular complexity index is 615. The Kier molecular flexibility index (Phi) is 5.46. The van der Waals surface area contributed by atoms with E-state index in [1.165, 1.54) is 5.56 Å². The molecule has 0 aliphatic carbocycles. The first kappa shape index (κ1) is 15.2. The highest BCUT2D eigenvalue weighted by molar-refractivity contribution is 6.32. The van der Waals surface area contributed by atoms with Gasteiger partial charge >= 0.3 is 0 Å². The molecule has 0 aromatic heterocycles. The summed E-state index contributed by atoms with van der Waals surface area (Å²) >= 11 is 6.11. The minimum atomic E-state index is 0.0209. The van der Waals surface area contributed by atoms with Crippen LogP contribution in [0.15, 0.2) is 53.7 Å². The molecule has 0 spiro atoms. The number of hydrogen-bond acceptors (Lipinski definition) is 3. The quantitative estimate of drug-likeness (QED) is 0.282. The molecule has 2 aromatic carbocycles. The maximum atomic E-state index is 8.62. The predicted molar refractivity (Wildman–Crippen MR) is 84.2 cm³/mol. The van der Waals surface area contributed by atoms with Gasteiger partial charge in [0.1, 0.15) is 5.75 Å². The molecular weight excluding hydrogens is 288 g/mol. The largest absolute Gasteiger partial charge is 0.492 e. The summed E-state index contributed by atoms with van der Waals surface area (Å²) in [5.41, 5.74) is 7.34. The first-order chi connectivity index (χ1) is 10.2. The van der Waals surface area contributed by atoms with E-state index < -0.39 is 0 Å². The van der Waals surface area contributed by atoms with Crippen LogP contribution in [0.2, 0.25) is 5.02 Å². The lowest BCUT2D eigenvalue weighted by Gasteiger charge is -2.09. The van der Waals surface area contributed by atoms with Crippen molar-refractivity contribution in [1.82, 2.24) is 0 Å². The molecule has 0 fully saturated rings. The molecule has 0 saturated carbocycles. The van der Waals surface area contributed by atoms with Crippen molar-refractivity contribution in [3.63, 3.8) is 0 Å². The maximum absolute atomic E-state index is 8.62. The van der Waals surface area contributed by atoms with Crippen LogP contribution in [0.1, 0.15) is 17.5 Å². The van der Waals surface area contributed by atoms with Gasteiger partial charge in [-0.15, -0.1) is 0 Å². The number of rotatable bonds is 6. The van der Waals surface area contributed by atoms with E-state index in [2.05, 4.69) is 17.3 Å². The molecule has 0 aliphatic rings. The van der Waals surface area contributed by atoms with Crippen molar-refractivity contribution in [1.29, 1.82) is 0 Å². The van der Waals surface area contributed by atoms with Gasteiger partial charge in [0.2, 0.25) is 0 Å². The fraction of sp³-hybridized carbons (Fsp3) is 0.188. The highest BCUT2D eigenvalue weighted by Crippen LogP contribution is 2.25. The van der Waals surface area contributed by atoms with Gasteiger partial charge in [-0.25, -0.2) is 0 Å². The average Bonchev–Trinajstić information content (AvgIpc) is 2.53.